The standard InChI is InChI=1S/C14H13F3N2S/c15-14(16,17)12-4-1-5-13(18-12)19(10-6-7-10)9-11-3-2-8-20-11/h1-5,8,10H,6-7,9H2. The Morgan fingerprint density at radius 2 is 2.00 bits per heavy atom. The molecule has 2 aromatic rings. The van der Waals surface area contributed by atoms with Gasteiger partial charge in [0, 0.05) is 10.9 Å². The van der Waals surface area contributed by atoms with Gasteiger partial charge in [0.05, 0.1) is 6.54 Å². The Bertz CT molecular complexity index is 576. The molecule has 1 saturated carbocycles. The van der Waals surface area contributed by atoms with Gasteiger partial charge in [-0.3, -0.25) is 0 Å². The van der Waals surface area contributed by atoms with Gasteiger partial charge < -0.3 is 4.90 Å². The third-order valence-electron chi connectivity index (χ3n) is 3.21. The molecule has 0 aromatic carbocycles. The smallest absolute Gasteiger partial charge is 0.348 e. The van der Waals surface area contributed by atoms with Crippen molar-refractivity contribution < 1.29 is 13.2 Å². The monoisotopic (exact) mass is 298 g/mol. The fourth-order valence-corrected chi connectivity index (χ4v) is 2.80. The van der Waals surface area contributed by atoms with Gasteiger partial charge in [0.25, 0.3) is 0 Å². The largest absolute Gasteiger partial charge is 0.433 e. The molecule has 0 amide bonds. The van der Waals surface area contributed by atoms with E-state index in [1.807, 2.05) is 22.4 Å². The van der Waals surface area contributed by atoms with Crippen LogP contribution < -0.4 is 4.90 Å². The molecule has 1 aliphatic carbocycles. The van der Waals surface area contributed by atoms with Gasteiger partial charge in [-0.05, 0) is 36.4 Å². The number of thiophene rings is 1. The average Bonchev–Trinajstić information content (AvgIpc) is 3.12. The number of halogens is 3. The zero-order valence-corrected chi connectivity index (χ0v) is 11.4. The molecule has 2 nitrogen and oxygen atoms in total. The molecule has 0 radical (unpaired) electrons. The molecule has 0 bridgehead atoms. The SMILES string of the molecule is FC(F)(F)c1cccc(N(Cc2cccs2)C2CC2)n1. The van der Waals surface area contributed by atoms with Crippen molar-refractivity contribution in [3.63, 3.8) is 0 Å². The molecule has 106 valence electrons. The summed E-state index contributed by atoms with van der Waals surface area (Å²) in [6, 6.07) is 8.35. The first-order valence-corrected chi connectivity index (χ1v) is 7.25. The van der Waals surface area contributed by atoms with Gasteiger partial charge in [-0.25, -0.2) is 4.98 Å². The molecule has 0 atom stereocenters. The minimum Gasteiger partial charge on any atom is -0.348 e. The lowest BCUT2D eigenvalue weighted by Crippen LogP contribution is -2.26. The van der Waals surface area contributed by atoms with Crippen LogP contribution in [0.5, 0.6) is 0 Å². The van der Waals surface area contributed by atoms with E-state index in [-0.39, 0.29) is 0 Å². The van der Waals surface area contributed by atoms with E-state index in [4.69, 9.17) is 0 Å². The summed E-state index contributed by atoms with van der Waals surface area (Å²) in [7, 11) is 0. The van der Waals surface area contributed by atoms with Crippen LogP contribution in [0.25, 0.3) is 0 Å². The van der Waals surface area contributed by atoms with Gasteiger partial charge >= 0.3 is 6.18 Å². The number of rotatable bonds is 4. The van der Waals surface area contributed by atoms with Crippen LogP contribution in [0.1, 0.15) is 23.4 Å². The molecule has 0 aliphatic heterocycles. The summed E-state index contributed by atoms with van der Waals surface area (Å²) in [6.07, 6.45) is -2.36. The van der Waals surface area contributed by atoms with Crippen molar-refractivity contribution in [2.75, 3.05) is 4.90 Å². The lowest BCUT2D eigenvalue weighted by molar-refractivity contribution is -0.141. The Morgan fingerprint density at radius 3 is 2.60 bits per heavy atom. The molecule has 2 aromatic heterocycles. The second-order valence-electron chi connectivity index (χ2n) is 4.82. The van der Waals surface area contributed by atoms with Crippen LogP contribution in [-0.2, 0) is 12.7 Å². The van der Waals surface area contributed by atoms with Gasteiger partial charge in [-0.2, -0.15) is 13.2 Å². The molecule has 2 heterocycles. The quantitative estimate of drug-likeness (QED) is 0.835. The van der Waals surface area contributed by atoms with E-state index in [0.717, 1.165) is 23.8 Å². The fraction of sp³-hybridized carbons (Fsp3) is 0.357. The van der Waals surface area contributed by atoms with Gasteiger partial charge in [0.1, 0.15) is 11.5 Å². The fourth-order valence-electron chi connectivity index (χ4n) is 2.09. The first-order chi connectivity index (χ1) is 9.54. The number of anilines is 1. The Balaban J connectivity index is 1.88. The van der Waals surface area contributed by atoms with E-state index >= 15 is 0 Å². The summed E-state index contributed by atoms with van der Waals surface area (Å²) in [5.41, 5.74) is -0.827. The van der Waals surface area contributed by atoms with E-state index in [1.165, 1.54) is 6.07 Å². The minimum absolute atomic E-state index is 0.313. The summed E-state index contributed by atoms with van der Waals surface area (Å²) in [6.45, 7) is 0.622. The molecule has 0 unspecified atom stereocenters. The Morgan fingerprint density at radius 1 is 1.20 bits per heavy atom. The van der Waals surface area contributed by atoms with Crippen LogP contribution in [0.4, 0.5) is 19.0 Å². The highest BCUT2D eigenvalue weighted by molar-refractivity contribution is 7.09. The number of hydrogen-bond acceptors (Lipinski definition) is 3. The van der Waals surface area contributed by atoms with Gasteiger partial charge in [0.2, 0.25) is 0 Å². The van der Waals surface area contributed by atoms with Gasteiger partial charge in [0.15, 0.2) is 0 Å². The lowest BCUT2D eigenvalue weighted by Gasteiger charge is -2.23. The summed E-state index contributed by atoms with van der Waals surface area (Å²) >= 11 is 1.61. The van der Waals surface area contributed by atoms with Crippen LogP contribution in [-0.4, -0.2) is 11.0 Å². The maximum absolute atomic E-state index is 12.7. The second kappa shape index (κ2) is 5.09. The average molecular weight is 298 g/mol. The van der Waals surface area contributed by atoms with Crippen LogP contribution in [0, 0.1) is 0 Å². The van der Waals surface area contributed by atoms with Crippen molar-refractivity contribution in [1.29, 1.82) is 0 Å². The van der Waals surface area contributed by atoms with Gasteiger partial charge in [-0.1, -0.05) is 12.1 Å². The highest BCUT2D eigenvalue weighted by atomic mass is 32.1. The van der Waals surface area contributed by atoms with Crippen molar-refractivity contribution in [3.05, 3.63) is 46.3 Å². The number of aromatic nitrogens is 1. The van der Waals surface area contributed by atoms with E-state index < -0.39 is 11.9 Å². The number of nitrogens with zero attached hydrogens (tertiary/aromatic N) is 2. The Labute approximate surface area is 118 Å². The lowest BCUT2D eigenvalue weighted by atomic mass is 10.3. The maximum Gasteiger partial charge on any atom is 0.433 e. The van der Waals surface area contributed by atoms with Crippen molar-refractivity contribution >= 4 is 17.2 Å². The normalized spacial score (nSPS) is 15.3. The van der Waals surface area contributed by atoms with E-state index in [1.54, 1.807) is 17.4 Å². The zero-order chi connectivity index (χ0) is 14.2. The van der Waals surface area contributed by atoms with Crippen LogP contribution in [0.15, 0.2) is 35.7 Å². The third kappa shape index (κ3) is 2.95. The number of hydrogen-bond donors (Lipinski definition) is 0. The first-order valence-electron chi connectivity index (χ1n) is 6.37. The molecule has 6 heteroatoms. The number of pyridine rings is 1. The molecule has 0 spiro atoms. The minimum atomic E-state index is -4.39. The van der Waals surface area contributed by atoms with Crippen molar-refractivity contribution in [2.45, 2.75) is 31.6 Å². The molecule has 0 N–H and O–H groups in total. The summed E-state index contributed by atoms with van der Waals surface area (Å²) in [4.78, 5) is 6.90. The Hall–Kier alpha value is -1.56. The molecule has 0 saturated heterocycles. The van der Waals surface area contributed by atoms with E-state index in [9.17, 15) is 13.2 Å². The van der Waals surface area contributed by atoms with Crippen molar-refractivity contribution in [3.8, 4) is 0 Å². The molecule has 20 heavy (non-hydrogen) atoms. The van der Waals surface area contributed by atoms with Gasteiger partial charge in [-0.15, -0.1) is 11.3 Å². The number of alkyl halides is 3. The van der Waals surface area contributed by atoms with E-state index in [2.05, 4.69) is 4.98 Å². The molecule has 1 aliphatic rings. The molecule has 3 rings (SSSR count). The van der Waals surface area contributed by atoms with Crippen LogP contribution in [0.3, 0.4) is 0 Å². The second-order valence-corrected chi connectivity index (χ2v) is 5.85. The zero-order valence-electron chi connectivity index (χ0n) is 10.6. The highest BCUT2D eigenvalue weighted by Gasteiger charge is 2.35. The summed E-state index contributed by atoms with van der Waals surface area (Å²) in [5, 5.41) is 1.97. The van der Waals surface area contributed by atoms with Crippen LogP contribution in [0.2, 0.25) is 0 Å². The maximum atomic E-state index is 12.7. The Kier molecular flexibility index (Phi) is 3.41. The van der Waals surface area contributed by atoms with Crippen molar-refractivity contribution in [1.82, 2.24) is 4.98 Å². The van der Waals surface area contributed by atoms with Crippen LogP contribution >= 0.6 is 11.3 Å². The third-order valence-corrected chi connectivity index (χ3v) is 4.07. The molecular weight excluding hydrogens is 285 g/mol. The van der Waals surface area contributed by atoms with Crippen molar-refractivity contribution in [2.24, 2.45) is 0 Å². The topological polar surface area (TPSA) is 16.1 Å². The summed E-state index contributed by atoms with van der Waals surface area (Å²) in [5.74, 6) is 0.413. The van der Waals surface area contributed by atoms with E-state index in [0.29, 0.717) is 18.4 Å². The summed E-state index contributed by atoms with van der Waals surface area (Å²) < 4.78 is 38.2. The first kappa shape index (κ1) is 13.4. The highest BCUT2D eigenvalue weighted by Crippen LogP contribution is 2.35. The molecule has 1 fully saturated rings. The predicted octanol–water partition coefficient (Wildman–Crippen LogP) is 4.33. The molecular formula is C14H13F3N2S. The predicted molar refractivity (Wildman–Crippen MR) is 72.8 cm³/mol.